The molecule has 0 radical (unpaired) electrons. The van der Waals surface area contributed by atoms with Crippen molar-refractivity contribution < 1.29 is 0 Å². The average molecular weight is 340 g/mol. The summed E-state index contributed by atoms with van der Waals surface area (Å²) in [6.45, 7) is 1.95. The van der Waals surface area contributed by atoms with E-state index >= 15 is 0 Å². The van der Waals surface area contributed by atoms with Crippen molar-refractivity contribution in [2.24, 2.45) is 0 Å². The van der Waals surface area contributed by atoms with Crippen LogP contribution >= 0.6 is 11.3 Å². The van der Waals surface area contributed by atoms with E-state index < -0.39 is 0 Å². The highest BCUT2D eigenvalue weighted by Gasteiger charge is 2.28. The first-order valence-corrected chi connectivity index (χ1v) is 9.03. The SMILES string of the molecule is CNc1cncc([C@@H]2CCCN2Cc2cn[nH]c2-c2cccs2)n1. The first-order chi connectivity index (χ1) is 11.8. The molecule has 124 valence electrons. The third-order valence-electron chi connectivity index (χ3n) is 4.47. The largest absolute Gasteiger partial charge is 0.372 e. The summed E-state index contributed by atoms with van der Waals surface area (Å²) in [5.74, 6) is 0.821. The van der Waals surface area contributed by atoms with E-state index in [1.807, 2.05) is 19.4 Å². The Morgan fingerprint density at radius 2 is 2.33 bits per heavy atom. The van der Waals surface area contributed by atoms with Gasteiger partial charge in [-0.3, -0.25) is 15.0 Å². The molecular weight excluding hydrogens is 320 g/mol. The van der Waals surface area contributed by atoms with Crippen molar-refractivity contribution in [3.05, 3.63) is 47.4 Å². The predicted octanol–water partition coefficient (Wildman–Crippen LogP) is 3.31. The number of rotatable bonds is 5. The Kier molecular flexibility index (Phi) is 4.27. The number of anilines is 1. The van der Waals surface area contributed by atoms with Gasteiger partial charge in [0.2, 0.25) is 0 Å². The second-order valence-corrected chi connectivity index (χ2v) is 6.90. The Balaban J connectivity index is 1.57. The maximum atomic E-state index is 4.69. The third-order valence-corrected chi connectivity index (χ3v) is 5.36. The minimum absolute atomic E-state index is 0.317. The fraction of sp³-hybridized carbons (Fsp3) is 0.353. The number of H-pyrrole nitrogens is 1. The molecule has 4 heterocycles. The standard InChI is InChI=1S/C17H20N6S/c1-18-16-10-19-9-13(21-16)14-4-2-6-23(14)11-12-8-20-22-17(12)15-5-3-7-24-15/h3,5,7-10,14H,2,4,6,11H2,1H3,(H,18,21)(H,20,22)/t14-/m0/s1. The summed E-state index contributed by atoms with van der Waals surface area (Å²) < 4.78 is 0. The van der Waals surface area contributed by atoms with Crippen LogP contribution in [0, 0.1) is 0 Å². The molecule has 0 aliphatic carbocycles. The topological polar surface area (TPSA) is 69.7 Å². The van der Waals surface area contributed by atoms with Crippen molar-refractivity contribution >= 4 is 17.2 Å². The molecular formula is C17H20N6S. The van der Waals surface area contributed by atoms with Gasteiger partial charge in [0, 0.05) is 19.2 Å². The molecule has 1 fully saturated rings. The number of nitrogens with one attached hydrogen (secondary N) is 2. The number of likely N-dealkylation sites (tertiary alicyclic amines) is 1. The molecule has 1 aliphatic rings. The van der Waals surface area contributed by atoms with Crippen LogP contribution in [0.2, 0.25) is 0 Å². The normalized spacial score (nSPS) is 18.1. The zero-order valence-electron chi connectivity index (χ0n) is 13.6. The van der Waals surface area contributed by atoms with Crippen molar-refractivity contribution in [2.75, 3.05) is 18.9 Å². The lowest BCUT2D eigenvalue weighted by Crippen LogP contribution is -2.23. The van der Waals surface area contributed by atoms with Gasteiger partial charge in [0.05, 0.1) is 40.9 Å². The Labute approximate surface area is 145 Å². The monoisotopic (exact) mass is 340 g/mol. The molecule has 1 saturated heterocycles. The molecule has 2 N–H and O–H groups in total. The summed E-state index contributed by atoms with van der Waals surface area (Å²) in [6.07, 6.45) is 7.89. The Bertz CT molecular complexity index is 797. The molecule has 0 spiro atoms. The summed E-state index contributed by atoms with van der Waals surface area (Å²) >= 11 is 1.73. The Hall–Kier alpha value is -2.25. The summed E-state index contributed by atoms with van der Waals surface area (Å²) in [5.41, 5.74) is 3.41. The van der Waals surface area contributed by atoms with Gasteiger partial charge < -0.3 is 5.32 Å². The van der Waals surface area contributed by atoms with Crippen molar-refractivity contribution in [1.82, 2.24) is 25.1 Å². The van der Waals surface area contributed by atoms with Crippen molar-refractivity contribution in [2.45, 2.75) is 25.4 Å². The molecule has 0 saturated carbocycles. The summed E-state index contributed by atoms with van der Waals surface area (Å²) in [5, 5.41) is 12.6. The van der Waals surface area contributed by atoms with Crippen LogP contribution in [0.5, 0.6) is 0 Å². The van der Waals surface area contributed by atoms with Gasteiger partial charge >= 0.3 is 0 Å². The van der Waals surface area contributed by atoms with Crippen molar-refractivity contribution in [1.29, 1.82) is 0 Å². The number of aromatic nitrogens is 4. The Morgan fingerprint density at radius 3 is 3.17 bits per heavy atom. The van der Waals surface area contributed by atoms with E-state index in [0.717, 1.165) is 36.7 Å². The zero-order chi connectivity index (χ0) is 16.4. The van der Waals surface area contributed by atoms with E-state index in [-0.39, 0.29) is 0 Å². The molecule has 4 rings (SSSR count). The van der Waals surface area contributed by atoms with Gasteiger partial charge in [0.1, 0.15) is 5.82 Å². The van der Waals surface area contributed by atoms with E-state index in [4.69, 9.17) is 0 Å². The smallest absolute Gasteiger partial charge is 0.144 e. The van der Waals surface area contributed by atoms with E-state index in [2.05, 4.69) is 47.9 Å². The van der Waals surface area contributed by atoms with Gasteiger partial charge in [0.15, 0.2) is 0 Å². The van der Waals surface area contributed by atoms with Crippen LogP contribution in [-0.4, -0.2) is 38.7 Å². The van der Waals surface area contributed by atoms with Gasteiger partial charge in [-0.05, 0) is 30.8 Å². The third kappa shape index (κ3) is 2.92. The molecule has 0 amide bonds. The number of aromatic amines is 1. The molecule has 7 heteroatoms. The van der Waals surface area contributed by atoms with Crippen LogP contribution in [0.4, 0.5) is 5.82 Å². The summed E-state index contributed by atoms with van der Waals surface area (Å²) in [7, 11) is 1.87. The van der Waals surface area contributed by atoms with Crippen LogP contribution in [0.25, 0.3) is 10.6 Å². The molecule has 1 atom stereocenters. The lowest BCUT2D eigenvalue weighted by atomic mass is 10.1. The zero-order valence-corrected chi connectivity index (χ0v) is 14.4. The summed E-state index contributed by atoms with van der Waals surface area (Å²) in [4.78, 5) is 12.7. The quantitative estimate of drug-likeness (QED) is 0.746. The fourth-order valence-electron chi connectivity index (χ4n) is 3.30. The van der Waals surface area contributed by atoms with E-state index in [0.29, 0.717) is 6.04 Å². The highest BCUT2D eigenvalue weighted by molar-refractivity contribution is 7.13. The minimum Gasteiger partial charge on any atom is -0.372 e. The molecule has 0 unspecified atom stereocenters. The van der Waals surface area contributed by atoms with Crippen LogP contribution in [0.15, 0.2) is 36.1 Å². The Morgan fingerprint density at radius 1 is 1.38 bits per heavy atom. The molecule has 0 bridgehead atoms. The van der Waals surface area contributed by atoms with E-state index in [1.54, 1.807) is 17.5 Å². The lowest BCUT2D eigenvalue weighted by Gasteiger charge is -2.24. The van der Waals surface area contributed by atoms with Crippen LogP contribution in [0.3, 0.4) is 0 Å². The average Bonchev–Trinajstić information content (AvgIpc) is 3.36. The molecule has 24 heavy (non-hydrogen) atoms. The molecule has 6 nitrogen and oxygen atoms in total. The lowest BCUT2D eigenvalue weighted by molar-refractivity contribution is 0.244. The molecule has 0 aromatic carbocycles. The van der Waals surface area contributed by atoms with Crippen molar-refractivity contribution in [3.63, 3.8) is 0 Å². The fourth-order valence-corrected chi connectivity index (χ4v) is 4.05. The highest BCUT2D eigenvalue weighted by Crippen LogP contribution is 2.34. The van der Waals surface area contributed by atoms with Gasteiger partial charge in [-0.1, -0.05) is 6.07 Å². The predicted molar refractivity (Wildman–Crippen MR) is 95.9 cm³/mol. The van der Waals surface area contributed by atoms with E-state index in [9.17, 15) is 0 Å². The number of hydrogen-bond donors (Lipinski definition) is 2. The first-order valence-electron chi connectivity index (χ1n) is 8.15. The first kappa shape index (κ1) is 15.3. The number of hydrogen-bond acceptors (Lipinski definition) is 6. The van der Waals surface area contributed by atoms with Gasteiger partial charge in [-0.2, -0.15) is 5.10 Å². The summed E-state index contributed by atoms with van der Waals surface area (Å²) in [6, 6.07) is 4.52. The number of nitrogens with zero attached hydrogens (tertiary/aromatic N) is 4. The van der Waals surface area contributed by atoms with Gasteiger partial charge in [0.25, 0.3) is 0 Å². The van der Waals surface area contributed by atoms with Crippen LogP contribution < -0.4 is 5.32 Å². The van der Waals surface area contributed by atoms with Crippen molar-refractivity contribution in [3.8, 4) is 10.6 Å². The molecule has 1 aliphatic heterocycles. The van der Waals surface area contributed by atoms with E-state index in [1.165, 1.54) is 16.9 Å². The van der Waals surface area contributed by atoms with Crippen LogP contribution in [0.1, 0.15) is 30.1 Å². The maximum absolute atomic E-state index is 4.69. The number of thiophene rings is 1. The second-order valence-electron chi connectivity index (χ2n) is 5.96. The highest BCUT2D eigenvalue weighted by atomic mass is 32.1. The van der Waals surface area contributed by atoms with Crippen LogP contribution in [-0.2, 0) is 6.54 Å². The maximum Gasteiger partial charge on any atom is 0.144 e. The minimum atomic E-state index is 0.317. The second kappa shape index (κ2) is 6.70. The molecule has 3 aromatic heterocycles. The van der Waals surface area contributed by atoms with Gasteiger partial charge in [-0.25, -0.2) is 4.98 Å². The molecule has 3 aromatic rings. The van der Waals surface area contributed by atoms with Gasteiger partial charge in [-0.15, -0.1) is 11.3 Å².